The maximum Gasteiger partial charge on any atom is 0.300 e. The summed E-state index contributed by atoms with van der Waals surface area (Å²) in [5.41, 5.74) is 0.154. The number of hydrogen-bond acceptors (Lipinski definition) is 5. The fourth-order valence-electron chi connectivity index (χ4n) is 3.54. The maximum atomic E-state index is 14.6. The van der Waals surface area contributed by atoms with Crippen molar-refractivity contribution in [3.8, 4) is 5.75 Å². The number of hydrogen-bond donors (Lipinski definition) is 1. The molecule has 0 saturated carbocycles. The average Bonchev–Trinajstić information content (AvgIpc) is 3.04. The Morgan fingerprint density at radius 1 is 1.06 bits per heavy atom. The minimum atomic E-state index is -1.14. The number of rotatable bonds is 4. The molecule has 1 unspecified atom stereocenters. The van der Waals surface area contributed by atoms with Gasteiger partial charge in [0.2, 0.25) is 0 Å². The van der Waals surface area contributed by atoms with E-state index in [1.54, 1.807) is 30.3 Å². The van der Waals surface area contributed by atoms with Crippen molar-refractivity contribution in [2.24, 2.45) is 0 Å². The van der Waals surface area contributed by atoms with Gasteiger partial charge in [0.1, 0.15) is 23.1 Å². The van der Waals surface area contributed by atoms with Crippen molar-refractivity contribution in [2.45, 2.75) is 6.04 Å². The van der Waals surface area contributed by atoms with Gasteiger partial charge in [-0.25, -0.2) is 8.78 Å². The van der Waals surface area contributed by atoms with E-state index in [2.05, 4.69) is 4.98 Å². The maximum absolute atomic E-state index is 14.6. The molecule has 1 N–H and O–H groups in total. The van der Waals surface area contributed by atoms with Gasteiger partial charge in [-0.1, -0.05) is 12.1 Å². The lowest BCUT2D eigenvalue weighted by Crippen LogP contribution is -2.30. The fraction of sp³-hybridized carbons (Fsp3) is 0.0870. The van der Waals surface area contributed by atoms with Gasteiger partial charge in [0, 0.05) is 24.0 Å². The Labute approximate surface area is 176 Å². The van der Waals surface area contributed by atoms with E-state index in [9.17, 15) is 23.5 Å². The van der Waals surface area contributed by atoms with Crippen LogP contribution >= 0.6 is 0 Å². The molecule has 1 aliphatic rings. The van der Waals surface area contributed by atoms with Crippen LogP contribution in [-0.4, -0.2) is 28.9 Å². The Bertz CT molecular complexity index is 1210. The highest BCUT2D eigenvalue weighted by Crippen LogP contribution is 2.43. The number of pyridine rings is 1. The van der Waals surface area contributed by atoms with Crippen LogP contribution in [0.15, 0.2) is 72.6 Å². The Morgan fingerprint density at radius 2 is 1.81 bits per heavy atom. The highest BCUT2D eigenvalue weighted by molar-refractivity contribution is 6.51. The summed E-state index contributed by atoms with van der Waals surface area (Å²) in [6.45, 7) is 0. The van der Waals surface area contributed by atoms with Gasteiger partial charge in [-0.2, -0.15) is 0 Å². The zero-order chi connectivity index (χ0) is 22.1. The van der Waals surface area contributed by atoms with Crippen molar-refractivity contribution >= 4 is 23.1 Å². The molecular formula is C23H16F2N2O4. The lowest BCUT2D eigenvalue weighted by atomic mass is 9.95. The number of carbonyl (C=O) groups is 2. The van der Waals surface area contributed by atoms with Crippen LogP contribution in [0.5, 0.6) is 5.75 Å². The number of aliphatic hydroxyl groups is 1. The molecule has 1 fully saturated rings. The van der Waals surface area contributed by atoms with Gasteiger partial charge < -0.3 is 9.84 Å². The molecule has 31 heavy (non-hydrogen) atoms. The summed E-state index contributed by atoms with van der Waals surface area (Å²) in [4.78, 5) is 30.7. The van der Waals surface area contributed by atoms with Gasteiger partial charge in [0.15, 0.2) is 0 Å². The SMILES string of the molecule is COc1cccc(/C(O)=C2\C(=O)C(=O)N(c3ccc(F)cc3F)C2c2ccncc2)c1. The molecule has 156 valence electrons. The second kappa shape index (κ2) is 7.98. The zero-order valence-electron chi connectivity index (χ0n) is 16.3. The number of nitrogens with zero attached hydrogens (tertiary/aromatic N) is 2. The zero-order valence-corrected chi connectivity index (χ0v) is 16.3. The van der Waals surface area contributed by atoms with E-state index in [0.717, 1.165) is 17.0 Å². The van der Waals surface area contributed by atoms with Crippen molar-refractivity contribution in [3.63, 3.8) is 0 Å². The number of aromatic nitrogens is 1. The number of ether oxygens (including phenoxy) is 1. The van der Waals surface area contributed by atoms with Crippen molar-refractivity contribution in [3.05, 3.63) is 95.3 Å². The minimum Gasteiger partial charge on any atom is -0.507 e. The molecule has 6 nitrogen and oxygen atoms in total. The summed E-state index contributed by atoms with van der Waals surface area (Å²) >= 11 is 0. The van der Waals surface area contributed by atoms with Gasteiger partial charge in [-0.15, -0.1) is 0 Å². The third-order valence-electron chi connectivity index (χ3n) is 4.98. The van der Waals surface area contributed by atoms with E-state index in [-0.39, 0.29) is 16.8 Å². The Kier molecular flexibility index (Phi) is 5.21. The lowest BCUT2D eigenvalue weighted by molar-refractivity contribution is -0.132. The van der Waals surface area contributed by atoms with Crippen LogP contribution in [0.2, 0.25) is 0 Å². The Morgan fingerprint density at radius 3 is 2.48 bits per heavy atom. The number of benzene rings is 2. The first-order valence-electron chi connectivity index (χ1n) is 9.22. The summed E-state index contributed by atoms with van der Waals surface area (Å²) in [7, 11) is 1.45. The first-order chi connectivity index (χ1) is 14.9. The molecule has 3 aromatic rings. The molecule has 0 bridgehead atoms. The van der Waals surface area contributed by atoms with Crippen LogP contribution in [0, 0.1) is 11.6 Å². The van der Waals surface area contributed by atoms with E-state index in [4.69, 9.17) is 4.74 Å². The molecule has 1 atom stereocenters. The van der Waals surface area contributed by atoms with E-state index < -0.39 is 35.1 Å². The van der Waals surface area contributed by atoms with Gasteiger partial charge in [0.05, 0.1) is 24.4 Å². The predicted molar refractivity (Wildman–Crippen MR) is 108 cm³/mol. The van der Waals surface area contributed by atoms with Crippen molar-refractivity contribution in [2.75, 3.05) is 12.0 Å². The van der Waals surface area contributed by atoms with Crippen molar-refractivity contribution in [1.29, 1.82) is 0 Å². The first kappa shape index (κ1) is 20.2. The predicted octanol–water partition coefficient (Wildman–Crippen LogP) is 3.99. The first-order valence-corrected chi connectivity index (χ1v) is 9.22. The Balaban J connectivity index is 1.96. The highest BCUT2D eigenvalue weighted by Gasteiger charge is 2.47. The molecule has 0 radical (unpaired) electrons. The van der Waals surface area contributed by atoms with Crippen LogP contribution in [0.1, 0.15) is 17.2 Å². The number of halogens is 2. The van der Waals surface area contributed by atoms with E-state index in [1.165, 1.54) is 25.6 Å². The number of ketones is 1. The number of carbonyl (C=O) groups excluding carboxylic acids is 2. The molecule has 0 spiro atoms. The minimum absolute atomic E-state index is 0.229. The summed E-state index contributed by atoms with van der Waals surface area (Å²) in [5, 5.41) is 11.0. The summed E-state index contributed by atoms with van der Waals surface area (Å²) in [6, 6.07) is 11.0. The number of Topliss-reactive ketones (excluding diaryl/α,β-unsaturated/α-hetero) is 1. The van der Waals surface area contributed by atoms with Crippen molar-refractivity contribution < 1.29 is 28.2 Å². The summed E-state index contributed by atoms with van der Waals surface area (Å²) in [5.74, 6) is -3.88. The van der Waals surface area contributed by atoms with E-state index in [0.29, 0.717) is 17.4 Å². The topological polar surface area (TPSA) is 79.7 Å². The third kappa shape index (κ3) is 3.52. The van der Waals surface area contributed by atoms with E-state index in [1.807, 2.05) is 0 Å². The summed E-state index contributed by atoms with van der Waals surface area (Å²) in [6.07, 6.45) is 2.89. The molecule has 1 aromatic heterocycles. The number of methoxy groups -OCH3 is 1. The smallest absolute Gasteiger partial charge is 0.300 e. The van der Waals surface area contributed by atoms with E-state index >= 15 is 0 Å². The van der Waals surface area contributed by atoms with Crippen LogP contribution in [0.4, 0.5) is 14.5 Å². The molecule has 1 saturated heterocycles. The lowest BCUT2D eigenvalue weighted by Gasteiger charge is -2.25. The molecular weight excluding hydrogens is 406 g/mol. The second-order valence-corrected chi connectivity index (χ2v) is 6.78. The van der Waals surface area contributed by atoms with Crippen molar-refractivity contribution in [1.82, 2.24) is 4.98 Å². The van der Waals surface area contributed by atoms with Crippen LogP contribution in [-0.2, 0) is 9.59 Å². The van der Waals surface area contributed by atoms with Crippen LogP contribution in [0.3, 0.4) is 0 Å². The van der Waals surface area contributed by atoms with Crippen LogP contribution < -0.4 is 9.64 Å². The van der Waals surface area contributed by atoms with Gasteiger partial charge >= 0.3 is 0 Å². The highest BCUT2D eigenvalue weighted by atomic mass is 19.1. The molecule has 2 aromatic carbocycles. The standard InChI is InChI=1S/C23H16F2N2O4/c1-31-16-4-2-3-14(11-16)21(28)19-20(13-7-9-26-10-8-13)27(23(30)22(19)29)18-6-5-15(24)12-17(18)25/h2-12,20,28H,1H3/b21-19+. The molecule has 1 aliphatic heterocycles. The number of amides is 1. The van der Waals surface area contributed by atoms with Gasteiger partial charge in [-0.3, -0.25) is 19.5 Å². The van der Waals surface area contributed by atoms with Gasteiger partial charge in [-0.05, 0) is 42.0 Å². The molecule has 4 rings (SSSR count). The molecule has 2 heterocycles. The molecule has 8 heteroatoms. The van der Waals surface area contributed by atoms with Crippen LogP contribution in [0.25, 0.3) is 5.76 Å². The number of aliphatic hydroxyl groups excluding tert-OH is 1. The monoisotopic (exact) mass is 422 g/mol. The fourth-order valence-corrected chi connectivity index (χ4v) is 3.54. The normalized spacial score (nSPS) is 17.8. The quantitative estimate of drug-likeness (QED) is 0.391. The largest absolute Gasteiger partial charge is 0.507 e. The molecule has 0 aliphatic carbocycles. The third-order valence-corrected chi connectivity index (χ3v) is 4.98. The number of anilines is 1. The molecule has 1 amide bonds. The summed E-state index contributed by atoms with van der Waals surface area (Å²) < 4.78 is 33.2. The second-order valence-electron chi connectivity index (χ2n) is 6.78. The van der Waals surface area contributed by atoms with Gasteiger partial charge in [0.25, 0.3) is 11.7 Å². The average molecular weight is 422 g/mol. The Hall–Kier alpha value is -4.07.